The lowest BCUT2D eigenvalue weighted by Gasteiger charge is -2.43. The maximum atomic E-state index is 13.5. The van der Waals surface area contributed by atoms with Crippen LogP contribution in [-0.2, 0) is 4.79 Å². The van der Waals surface area contributed by atoms with Crippen LogP contribution in [-0.4, -0.2) is 23.8 Å². The van der Waals surface area contributed by atoms with E-state index in [-0.39, 0.29) is 11.4 Å². The zero-order valence-corrected chi connectivity index (χ0v) is 17.6. The van der Waals surface area contributed by atoms with Crippen LogP contribution in [0.3, 0.4) is 0 Å². The van der Waals surface area contributed by atoms with Crippen molar-refractivity contribution >= 4 is 23.0 Å². The second kappa shape index (κ2) is 6.47. The lowest BCUT2D eigenvalue weighted by molar-refractivity contribution is -0.113. The van der Waals surface area contributed by atoms with E-state index in [1.807, 2.05) is 30.0 Å². The van der Waals surface area contributed by atoms with Gasteiger partial charge in [0.15, 0.2) is 0 Å². The number of rotatable bonds is 3. The normalized spacial score (nSPS) is 21.2. The molecule has 1 amide bonds. The van der Waals surface area contributed by atoms with E-state index in [2.05, 4.69) is 46.8 Å². The van der Waals surface area contributed by atoms with Crippen LogP contribution in [0.5, 0.6) is 5.75 Å². The fraction of sp³-hybridized carbons (Fsp3) is 0.417. The van der Waals surface area contributed by atoms with Crippen molar-refractivity contribution in [2.75, 3.05) is 11.5 Å². The van der Waals surface area contributed by atoms with Crippen LogP contribution < -0.4 is 9.64 Å². The summed E-state index contributed by atoms with van der Waals surface area (Å²) < 4.78 is 5.82. The summed E-state index contributed by atoms with van der Waals surface area (Å²) in [6.07, 6.45) is 0.914. The van der Waals surface area contributed by atoms with Gasteiger partial charge in [-0.3, -0.25) is 4.79 Å². The Morgan fingerprint density at radius 2 is 1.93 bits per heavy atom. The first-order chi connectivity index (χ1) is 13.2. The van der Waals surface area contributed by atoms with Gasteiger partial charge in [-0.05, 0) is 87.9 Å². The molecular weight excluding hydrogens is 348 g/mol. The molecule has 2 aliphatic heterocycles. The summed E-state index contributed by atoms with van der Waals surface area (Å²) in [4.78, 5) is 20.2. The van der Waals surface area contributed by atoms with Crippen molar-refractivity contribution in [3.8, 4) is 5.75 Å². The monoisotopic (exact) mass is 376 g/mol. The molecule has 0 fully saturated rings. The molecule has 0 unspecified atom stereocenters. The SMILES string of the molecule is CCOc1cc2c3c(c1)[C@@H](C)CC(C)(C)N3C(=O)C2=Nc1ccc(C)c(C)c1. The number of carbonyl (C=O) groups is 1. The Morgan fingerprint density at radius 3 is 2.61 bits per heavy atom. The first-order valence-corrected chi connectivity index (χ1v) is 10.0. The van der Waals surface area contributed by atoms with Crippen molar-refractivity contribution in [3.05, 3.63) is 52.6 Å². The fourth-order valence-electron chi connectivity index (χ4n) is 4.57. The summed E-state index contributed by atoms with van der Waals surface area (Å²) in [5, 5.41) is 0. The summed E-state index contributed by atoms with van der Waals surface area (Å²) >= 11 is 0. The predicted octanol–water partition coefficient (Wildman–Crippen LogP) is 5.46. The van der Waals surface area contributed by atoms with E-state index in [0.717, 1.165) is 29.1 Å². The van der Waals surface area contributed by atoms with Crippen LogP contribution in [0, 0.1) is 13.8 Å². The molecule has 0 spiro atoms. The molecular formula is C24H28N2O2. The van der Waals surface area contributed by atoms with Gasteiger partial charge < -0.3 is 9.64 Å². The maximum absolute atomic E-state index is 13.5. The van der Waals surface area contributed by atoms with Crippen LogP contribution in [0.1, 0.15) is 62.3 Å². The zero-order chi connectivity index (χ0) is 20.2. The van der Waals surface area contributed by atoms with Gasteiger partial charge in [-0.15, -0.1) is 0 Å². The average Bonchev–Trinajstić information content (AvgIpc) is 2.89. The number of aryl methyl sites for hydroxylation is 2. The summed E-state index contributed by atoms with van der Waals surface area (Å²) in [6.45, 7) is 13.2. The Labute approximate surface area is 167 Å². The van der Waals surface area contributed by atoms with Gasteiger partial charge >= 0.3 is 0 Å². The highest BCUT2D eigenvalue weighted by molar-refractivity contribution is 6.55. The molecule has 28 heavy (non-hydrogen) atoms. The molecule has 2 heterocycles. The van der Waals surface area contributed by atoms with E-state index in [1.54, 1.807) is 0 Å². The van der Waals surface area contributed by atoms with E-state index in [4.69, 9.17) is 9.73 Å². The van der Waals surface area contributed by atoms with E-state index >= 15 is 0 Å². The van der Waals surface area contributed by atoms with E-state index in [1.165, 1.54) is 16.7 Å². The second-order valence-corrected chi connectivity index (χ2v) is 8.63. The summed E-state index contributed by atoms with van der Waals surface area (Å²) in [7, 11) is 0. The first kappa shape index (κ1) is 18.7. The molecule has 1 atom stereocenters. The largest absolute Gasteiger partial charge is 0.494 e. The molecule has 0 N–H and O–H groups in total. The van der Waals surface area contributed by atoms with Gasteiger partial charge in [-0.1, -0.05) is 13.0 Å². The van der Waals surface area contributed by atoms with Crippen molar-refractivity contribution < 1.29 is 9.53 Å². The molecule has 0 saturated heterocycles. The lowest BCUT2D eigenvalue weighted by Crippen LogP contribution is -2.50. The third kappa shape index (κ3) is 2.83. The number of nitrogens with zero attached hydrogens (tertiary/aromatic N) is 2. The molecule has 2 aliphatic rings. The van der Waals surface area contributed by atoms with Crippen molar-refractivity contribution in [2.45, 2.75) is 59.4 Å². The molecule has 0 aromatic heterocycles. The van der Waals surface area contributed by atoms with Crippen LogP contribution in [0.4, 0.5) is 11.4 Å². The van der Waals surface area contributed by atoms with Crippen molar-refractivity contribution in [1.82, 2.24) is 0 Å². The first-order valence-electron chi connectivity index (χ1n) is 10.0. The van der Waals surface area contributed by atoms with E-state index in [9.17, 15) is 4.79 Å². The number of benzene rings is 2. The number of carbonyl (C=O) groups excluding carboxylic acids is 1. The summed E-state index contributed by atoms with van der Waals surface area (Å²) in [5.74, 6) is 1.15. The van der Waals surface area contributed by atoms with Gasteiger partial charge in [0, 0.05) is 11.1 Å². The Morgan fingerprint density at radius 1 is 1.18 bits per heavy atom. The summed E-state index contributed by atoms with van der Waals surface area (Å²) in [6, 6.07) is 10.2. The molecule has 146 valence electrons. The highest BCUT2D eigenvalue weighted by Crippen LogP contribution is 2.50. The zero-order valence-electron chi connectivity index (χ0n) is 17.6. The summed E-state index contributed by atoms with van der Waals surface area (Å²) in [5.41, 5.74) is 6.56. The van der Waals surface area contributed by atoms with Gasteiger partial charge in [-0.25, -0.2) is 4.99 Å². The van der Waals surface area contributed by atoms with Crippen molar-refractivity contribution in [2.24, 2.45) is 4.99 Å². The molecule has 0 radical (unpaired) electrons. The van der Waals surface area contributed by atoms with Crippen LogP contribution in [0.2, 0.25) is 0 Å². The molecule has 0 bridgehead atoms. The Bertz CT molecular complexity index is 1000. The predicted molar refractivity (Wildman–Crippen MR) is 114 cm³/mol. The number of aliphatic imine (C=N–C) groups is 1. The molecule has 2 aromatic carbocycles. The average molecular weight is 377 g/mol. The third-order valence-electron chi connectivity index (χ3n) is 5.98. The number of hydrogen-bond acceptors (Lipinski definition) is 3. The minimum absolute atomic E-state index is 0.0139. The third-order valence-corrected chi connectivity index (χ3v) is 5.98. The fourth-order valence-corrected chi connectivity index (χ4v) is 4.57. The van der Waals surface area contributed by atoms with Gasteiger partial charge in [0.05, 0.1) is 18.0 Å². The number of ether oxygens (including phenoxy) is 1. The van der Waals surface area contributed by atoms with Crippen LogP contribution in [0.25, 0.3) is 0 Å². The Balaban J connectivity index is 1.94. The maximum Gasteiger partial charge on any atom is 0.278 e. The number of amides is 1. The molecule has 4 nitrogen and oxygen atoms in total. The smallest absolute Gasteiger partial charge is 0.278 e. The Kier molecular flexibility index (Phi) is 4.33. The minimum Gasteiger partial charge on any atom is -0.494 e. The quantitative estimate of drug-likeness (QED) is 0.714. The van der Waals surface area contributed by atoms with Crippen molar-refractivity contribution in [1.29, 1.82) is 0 Å². The minimum atomic E-state index is -0.244. The van der Waals surface area contributed by atoms with Crippen LogP contribution >= 0.6 is 0 Å². The molecule has 2 aromatic rings. The molecule has 0 aliphatic carbocycles. The van der Waals surface area contributed by atoms with Gasteiger partial charge in [0.2, 0.25) is 0 Å². The van der Waals surface area contributed by atoms with Crippen LogP contribution in [0.15, 0.2) is 35.3 Å². The van der Waals surface area contributed by atoms with Gasteiger partial charge in [-0.2, -0.15) is 0 Å². The Hall–Kier alpha value is -2.62. The lowest BCUT2D eigenvalue weighted by atomic mass is 9.80. The van der Waals surface area contributed by atoms with Gasteiger partial charge in [0.25, 0.3) is 5.91 Å². The standard InChI is InChI=1S/C24H28N2O2/c1-7-28-18-11-19-16(4)13-24(5,6)26-22(19)20(12-18)21(23(26)27)25-17-9-8-14(2)15(3)10-17/h8-12,16H,7,13H2,1-6H3/t16-/m0/s1. The second-order valence-electron chi connectivity index (χ2n) is 8.63. The molecule has 4 rings (SSSR count). The van der Waals surface area contributed by atoms with Gasteiger partial charge in [0.1, 0.15) is 11.5 Å². The number of hydrogen-bond donors (Lipinski definition) is 0. The number of anilines is 1. The topological polar surface area (TPSA) is 41.9 Å². The highest BCUT2D eigenvalue weighted by atomic mass is 16.5. The van der Waals surface area contributed by atoms with E-state index in [0.29, 0.717) is 18.2 Å². The molecule has 0 saturated carbocycles. The van der Waals surface area contributed by atoms with Crippen molar-refractivity contribution in [3.63, 3.8) is 0 Å². The van der Waals surface area contributed by atoms with E-state index < -0.39 is 0 Å². The highest BCUT2D eigenvalue weighted by Gasteiger charge is 2.48. The molecule has 4 heteroatoms.